The highest BCUT2D eigenvalue weighted by Gasteiger charge is 2.34. The van der Waals surface area contributed by atoms with Crippen LogP contribution in [0.3, 0.4) is 0 Å². The summed E-state index contributed by atoms with van der Waals surface area (Å²) in [7, 11) is 1.98. The Morgan fingerprint density at radius 3 is 1.80 bits per heavy atom. The molecule has 0 atom stereocenters. The van der Waals surface area contributed by atoms with Crippen molar-refractivity contribution in [1.29, 1.82) is 0 Å². The molecule has 0 saturated carbocycles. The zero-order valence-electron chi connectivity index (χ0n) is 29.0. The fraction of sp³-hybridized carbons (Fsp3) is 0.0233. The van der Waals surface area contributed by atoms with Gasteiger partial charge in [0.1, 0.15) is 11.2 Å². The third-order valence-corrected chi connectivity index (χ3v) is 10.4. The van der Waals surface area contributed by atoms with E-state index >= 15 is 0 Å². The van der Waals surface area contributed by atoms with Crippen LogP contribution in [0.15, 0.2) is 89.2 Å². The number of hydrogen-bond donors (Lipinski definition) is 9. The summed E-state index contributed by atoms with van der Waals surface area (Å²) >= 11 is 1.58. The van der Waals surface area contributed by atoms with Crippen LogP contribution in [-0.4, -0.2) is 53.1 Å². The van der Waals surface area contributed by atoms with Gasteiger partial charge >= 0.3 is 0 Å². The van der Waals surface area contributed by atoms with Crippen LogP contribution in [0.5, 0.6) is 51.7 Å². The largest absolute Gasteiger partial charge is 0.504 e. The van der Waals surface area contributed by atoms with Gasteiger partial charge < -0.3 is 50.4 Å². The van der Waals surface area contributed by atoms with Gasteiger partial charge in [-0.1, -0.05) is 73.4 Å². The van der Waals surface area contributed by atoms with E-state index in [-0.39, 0.29) is 11.1 Å². The van der Waals surface area contributed by atoms with E-state index in [0.717, 1.165) is 38.6 Å². The van der Waals surface area contributed by atoms with E-state index in [2.05, 4.69) is 12.6 Å². The third kappa shape index (κ3) is 5.13. The highest BCUT2D eigenvalue weighted by Crippen LogP contribution is 2.63. The molecular weight excluding hydrogens is 719 g/mol. The van der Waals surface area contributed by atoms with E-state index < -0.39 is 62.9 Å². The summed E-state index contributed by atoms with van der Waals surface area (Å²) in [5.41, 5.74) is 4.25. The quantitative estimate of drug-likeness (QED) is 0.0447. The van der Waals surface area contributed by atoms with Crippen molar-refractivity contribution < 1.29 is 50.4 Å². The van der Waals surface area contributed by atoms with Crippen LogP contribution in [0, 0.1) is 0 Å². The number of hydrogen-bond acceptors (Lipinski definition) is 11. The van der Waals surface area contributed by atoms with E-state index in [1.54, 1.807) is 42.0 Å². The van der Waals surface area contributed by atoms with Crippen molar-refractivity contribution in [3.05, 3.63) is 107 Å². The van der Waals surface area contributed by atoms with Gasteiger partial charge in [0.15, 0.2) is 41.6 Å². The molecule has 7 aromatic rings. The fourth-order valence-corrected chi connectivity index (χ4v) is 7.85. The lowest BCUT2D eigenvalue weighted by Gasteiger charge is -2.24. The van der Waals surface area contributed by atoms with Gasteiger partial charge in [0.2, 0.25) is 17.2 Å². The number of rotatable bonds is 6. The minimum atomic E-state index is -1.29. The van der Waals surface area contributed by atoms with E-state index in [4.69, 9.17) is 4.42 Å². The highest BCUT2D eigenvalue weighted by molar-refractivity contribution is 8.22. The molecular formula is C43H31BO10S. The van der Waals surface area contributed by atoms with Crippen molar-refractivity contribution in [3.8, 4) is 85.1 Å². The van der Waals surface area contributed by atoms with Gasteiger partial charge in [-0.05, 0) is 80.3 Å². The van der Waals surface area contributed by atoms with Gasteiger partial charge in [0.25, 0.3) is 0 Å². The van der Waals surface area contributed by atoms with Crippen LogP contribution in [-0.2, 0) is 6.42 Å². The lowest BCUT2D eigenvalue weighted by molar-refractivity contribution is 0.329. The Morgan fingerprint density at radius 1 is 0.600 bits per heavy atom. The Morgan fingerprint density at radius 2 is 1.18 bits per heavy atom. The monoisotopic (exact) mass is 750 g/mol. The maximum absolute atomic E-state index is 11.7. The summed E-state index contributed by atoms with van der Waals surface area (Å²) in [4.78, 5) is 0. The zero-order valence-corrected chi connectivity index (χ0v) is 29.8. The number of allylic oxidation sites excluding steroid dienone is 3. The van der Waals surface area contributed by atoms with Crippen LogP contribution in [0.25, 0.3) is 84.3 Å². The molecule has 10 nitrogen and oxygen atoms in total. The maximum atomic E-state index is 11.7. The molecule has 0 unspecified atom stereocenters. The molecule has 0 bridgehead atoms. The summed E-state index contributed by atoms with van der Waals surface area (Å²) in [6, 6.07) is 17.2. The molecule has 0 fully saturated rings. The molecule has 1 heterocycles. The first-order chi connectivity index (χ1) is 26.5. The molecule has 12 heteroatoms. The number of furan rings is 1. The van der Waals surface area contributed by atoms with Gasteiger partial charge in [-0.2, -0.15) is 11.6 Å². The average molecular weight is 751 g/mol. The predicted molar refractivity (Wildman–Crippen MR) is 220 cm³/mol. The van der Waals surface area contributed by atoms with Gasteiger partial charge in [-0.15, -0.1) is 0 Å². The van der Waals surface area contributed by atoms with Crippen LogP contribution < -0.4 is 0 Å². The standard InChI is InChI=1S/C43H31BO10S/c1-2-19-17-26-28(18-20(19)15-16-55-44)54-27-14-8-13-25(30(26)27)29-21-9-4-3-5-10-23(21)31(24-12-7-6-11-22(24)29)32-35(45)37(47)33(38(48)36(32)46)34-39(49)41(51)43(53)42(52)40(34)50/h2-8,10-18,45-53H,1,9,44H2/b16-15+. The normalized spacial score (nSPS) is 12.6. The Balaban J connectivity index is 1.47. The van der Waals surface area contributed by atoms with E-state index in [9.17, 15) is 46.0 Å². The van der Waals surface area contributed by atoms with Crippen molar-refractivity contribution in [2.75, 3.05) is 0 Å². The summed E-state index contributed by atoms with van der Waals surface area (Å²) < 4.78 is 6.45. The van der Waals surface area contributed by atoms with Crippen LogP contribution in [0.1, 0.15) is 22.3 Å². The van der Waals surface area contributed by atoms with Gasteiger partial charge in [-0.3, -0.25) is 0 Å². The zero-order chi connectivity index (χ0) is 38.9. The molecule has 1 aliphatic carbocycles. The molecule has 0 aliphatic heterocycles. The first-order valence-corrected chi connectivity index (χ1v) is 18.2. The average Bonchev–Trinajstić information content (AvgIpc) is 3.38. The Hall–Kier alpha value is -7.05. The minimum Gasteiger partial charge on any atom is -0.504 e. The Kier molecular flexibility index (Phi) is 8.35. The molecule has 1 aliphatic rings. The topological polar surface area (TPSA) is 195 Å². The lowest BCUT2D eigenvalue weighted by Crippen LogP contribution is -2.00. The molecule has 9 N–H and O–H groups in total. The fourth-order valence-electron chi connectivity index (χ4n) is 7.57. The number of benzene rings is 6. The molecule has 272 valence electrons. The van der Waals surface area contributed by atoms with Crippen LogP contribution >= 0.6 is 11.6 Å². The molecule has 0 radical (unpaired) electrons. The van der Waals surface area contributed by atoms with Crippen LogP contribution in [0.2, 0.25) is 0 Å². The number of phenols is 9. The molecule has 55 heavy (non-hydrogen) atoms. The highest BCUT2D eigenvalue weighted by atomic mass is 32.2. The van der Waals surface area contributed by atoms with Crippen molar-refractivity contribution in [3.63, 3.8) is 0 Å². The molecule has 0 saturated heterocycles. The second-order valence-electron chi connectivity index (χ2n) is 12.9. The third-order valence-electron chi connectivity index (χ3n) is 10.0. The molecule has 0 spiro atoms. The second kappa shape index (κ2) is 13.1. The first-order valence-electron chi connectivity index (χ1n) is 16.9. The summed E-state index contributed by atoms with van der Waals surface area (Å²) in [5, 5.41) is 103. The molecule has 8 rings (SSSR count). The van der Waals surface area contributed by atoms with E-state index in [1.807, 2.05) is 67.2 Å². The van der Waals surface area contributed by atoms with Gasteiger partial charge in [0, 0.05) is 16.3 Å². The summed E-state index contributed by atoms with van der Waals surface area (Å²) in [5.74, 6) is -10.5. The Labute approximate surface area is 317 Å². The second-order valence-corrected chi connectivity index (χ2v) is 13.7. The summed E-state index contributed by atoms with van der Waals surface area (Å²) in [6.45, 7) is 4.05. The Bertz CT molecular complexity index is 2850. The SMILES string of the molecule is BS/C=C/c1cc2oc3cccc(-c4c5c(c(-c6c(O)c(O)c(-c7c(O)c(O)c(O)c(O)c7O)c(O)c6O)c6ccccc46)C=CC=CC5)c3c2cc1C=C. The van der Waals surface area contributed by atoms with Gasteiger partial charge in [-0.25, -0.2) is 0 Å². The lowest BCUT2D eigenvalue weighted by atomic mass is 9.80. The maximum Gasteiger partial charge on any atom is 0.208 e. The van der Waals surface area contributed by atoms with Crippen molar-refractivity contribution >= 4 is 69.7 Å². The molecule has 6 aromatic carbocycles. The number of aromatic hydroxyl groups is 9. The van der Waals surface area contributed by atoms with E-state index in [1.165, 1.54) is 0 Å². The van der Waals surface area contributed by atoms with Gasteiger partial charge in [0.05, 0.1) is 16.7 Å². The smallest absolute Gasteiger partial charge is 0.208 e. The predicted octanol–water partition coefficient (Wildman–Crippen LogP) is 9.11. The minimum absolute atomic E-state index is 0.245. The van der Waals surface area contributed by atoms with Crippen molar-refractivity contribution in [1.82, 2.24) is 0 Å². The molecule has 1 aromatic heterocycles. The van der Waals surface area contributed by atoms with Crippen molar-refractivity contribution in [2.45, 2.75) is 6.42 Å². The number of phenolic OH excluding ortho intramolecular Hbond substituents is 9. The first kappa shape index (κ1) is 35.0. The molecule has 0 amide bonds. The number of fused-ring (bicyclic) bond motifs is 5. The van der Waals surface area contributed by atoms with Crippen LogP contribution in [0.4, 0.5) is 0 Å². The van der Waals surface area contributed by atoms with E-state index in [0.29, 0.717) is 33.9 Å². The van der Waals surface area contributed by atoms with Crippen molar-refractivity contribution in [2.24, 2.45) is 0 Å². The summed E-state index contributed by atoms with van der Waals surface area (Å²) in [6.07, 6.45) is 11.6.